The molecule has 15 atom stereocenters. The van der Waals surface area contributed by atoms with Gasteiger partial charge in [-0.15, -0.1) is 0 Å². The molecule has 1 aliphatic carbocycles. The van der Waals surface area contributed by atoms with Crippen molar-refractivity contribution in [1.29, 1.82) is 0 Å². The van der Waals surface area contributed by atoms with Gasteiger partial charge in [0.25, 0.3) is 11.7 Å². The van der Waals surface area contributed by atoms with Gasteiger partial charge in [0.05, 0.1) is 36.9 Å². The molecule has 2 bridgehead atoms. The number of carbonyl (C=O) groups excluding carboxylic acids is 5. The van der Waals surface area contributed by atoms with Gasteiger partial charge in [-0.3, -0.25) is 19.2 Å². The van der Waals surface area contributed by atoms with Crippen molar-refractivity contribution < 1.29 is 63.7 Å². The lowest BCUT2D eigenvalue weighted by Crippen LogP contribution is -2.61. The second kappa shape index (κ2) is 25.1. The maximum absolute atomic E-state index is 14.3. The minimum absolute atomic E-state index is 0.00899. The Morgan fingerprint density at radius 2 is 1.62 bits per heavy atom. The third-order valence-electron chi connectivity index (χ3n) is 14.7. The van der Waals surface area contributed by atoms with Crippen LogP contribution in [0.1, 0.15) is 126 Å². The van der Waals surface area contributed by atoms with Gasteiger partial charge >= 0.3 is 5.97 Å². The van der Waals surface area contributed by atoms with E-state index in [1.165, 1.54) is 4.90 Å². The molecule has 3 heterocycles. The molecule has 14 heteroatoms. The topological polar surface area (TPSA) is 217 Å². The number of esters is 1. The zero-order valence-corrected chi connectivity index (χ0v) is 40.1. The molecule has 1 amide bonds. The summed E-state index contributed by atoms with van der Waals surface area (Å²) >= 11 is 0. The highest BCUT2D eigenvalue weighted by atomic mass is 16.6. The van der Waals surface area contributed by atoms with Crippen LogP contribution in [0, 0.1) is 47.3 Å². The quantitative estimate of drug-likeness (QED) is 0.168. The number of rotatable bonds is 6. The molecule has 0 aromatic carbocycles. The molecule has 1 unspecified atom stereocenters. The van der Waals surface area contributed by atoms with Crippen LogP contribution >= 0.6 is 0 Å². The molecule has 2 saturated heterocycles. The fourth-order valence-corrected chi connectivity index (χ4v) is 10.3. The first-order valence-corrected chi connectivity index (χ1v) is 24.1. The van der Waals surface area contributed by atoms with E-state index in [2.05, 4.69) is 0 Å². The zero-order chi connectivity index (χ0) is 48.2. The number of ether oxygens (including phenoxy) is 3. The molecule has 65 heavy (non-hydrogen) atoms. The van der Waals surface area contributed by atoms with Crippen molar-refractivity contribution in [1.82, 2.24) is 4.90 Å². The van der Waals surface area contributed by atoms with E-state index in [0.717, 1.165) is 5.57 Å². The van der Waals surface area contributed by atoms with E-state index in [0.29, 0.717) is 64.2 Å². The molecule has 5 N–H and O–H groups in total. The van der Waals surface area contributed by atoms with Gasteiger partial charge in [-0.2, -0.15) is 0 Å². The van der Waals surface area contributed by atoms with E-state index in [9.17, 15) is 49.5 Å². The highest BCUT2D eigenvalue weighted by molar-refractivity contribution is 6.39. The maximum atomic E-state index is 14.3. The second-order valence-corrected chi connectivity index (χ2v) is 19.9. The summed E-state index contributed by atoms with van der Waals surface area (Å²) in [4.78, 5) is 71.6. The highest BCUT2D eigenvalue weighted by Gasteiger charge is 2.53. The molecule has 3 fully saturated rings. The number of cyclic esters (lactones) is 1. The minimum Gasteiger partial charge on any atom is -0.460 e. The largest absolute Gasteiger partial charge is 0.460 e. The van der Waals surface area contributed by atoms with Crippen LogP contribution in [0.2, 0.25) is 0 Å². The molecule has 0 aromatic rings. The van der Waals surface area contributed by atoms with Crippen molar-refractivity contribution in [2.24, 2.45) is 47.3 Å². The molecular formula is C51H79NO13. The van der Waals surface area contributed by atoms with Crippen molar-refractivity contribution in [2.45, 2.75) is 168 Å². The van der Waals surface area contributed by atoms with Crippen LogP contribution in [0.15, 0.2) is 47.6 Å². The first kappa shape index (κ1) is 54.2. The Morgan fingerprint density at radius 1 is 0.892 bits per heavy atom. The number of hydrogen-bond acceptors (Lipinski definition) is 13. The smallest absolute Gasteiger partial charge is 0.329 e. The third kappa shape index (κ3) is 14.3. The SMILES string of the molecule is CO[C@H]1C[C@@H]2CC[C@@H](C)[C@@](O)(O2)C(=O)C(=O)N2CCCC[C@H]2C(=O)O[C@H]([C@H](C)C[C@@H]2CC[C@@H](O)[C@H](CO)C2)CC(=O)/C(C)=C/C(C)[C@@H](O)[C@@H](CO)C(=O)[C@H](C)C[C@H](C)C=CC=CC=C1C. The predicted molar refractivity (Wildman–Crippen MR) is 245 cm³/mol. The number of fused-ring (bicyclic) bond motifs is 3. The monoisotopic (exact) mass is 914 g/mol. The molecule has 4 aliphatic rings. The van der Waals surface area contributed by atoms with Gasteiger partial charge in [0, 0.05) is 56.8 Å². The van der Waals surface area contributed by atoms with Crippen molar-refractivity contribution in [2.75, 3.05) is 26.9 Å². The second-order valence-electron chi connectivity index (χ2n) is 19.9. The average Bonchev–Trinajstić information content (AvgIpc) is 3.28. The van der Waals surface area contributed by atoms with Gasteiger partial charge in [-0.05, 0) is 107 Å². The van der Waals surface area contributed by atoms with Crippen LogP contribution in [0.4, 0.5) is 0 Å². The lowest BCUT2D eigenvalue weighted by Gasteiger charge is -2.42. The molecule has 0 radical (unpaired) electrons. The van der Waals surface area contributed by atoms with Gasteiger partial charge < -0.3 is 44.6 Å². The van der Waals surface area contributed by atoms with E-state index >= 15 is 0 Å². The van der Waals surface area contributed by atoms with Gasteiger partial charge in [0.1, 0.15) is 17.9 Å². The highest BCUT2D eigenvalue weighted by Crippen LogP contribution is 2.38. The first-order valence-electron chi connectivity index (χ1n) is 24.1. The van der Waals surface area contributed by atoms with Gasteiger partial charge in [0.2, 0.25) is 5.79 Å². The fourth-order valence-electron chi connectivity index (χ4n) is 10.3. The number of amides is 1. The normalized spacial score (nSPS) is 38.6. The Morgan fingerprint density at radius 3 is 2.29 bits per heavy atom. The fraction of sp³-hybridized carbons (Fsp3) is 0.745. The van der Waals surface area contributed by atoms with E-state index in [1.807, 2.05) is 51.2 Å². The summed E-state index contributed by atoms with van der Waals surface area (Å²) in [6.07, 6.45) is 12.1. The standard InChI is InChI=1S/C51H79NO13/c1-30-14-10-9-11-15-31(2)44(63-8)26-39-19-17-36(7)51(62,65-39)48(59)49(60)52-21-13-12-16-41(52)50(61)64-45(33(4)24-37-18-20-42(55)38(25-37)28-53)27-43(56)32(3)23-35(6)47(58)40(29-54)46(57)34(5)22-30/h9-11,14-15,23,30,33-42,44-45,47,53-55,58,62H,12-13,16-22,24-29H2,1-8H3/b11-9?,14-10?,31-15?,32-23+/t30-,33-,34-,35?,36-,37+,38+,39+,40+,41+,42-,44+,45+,47-,51-/m1/s1. The number of ketones is 3. The van der Waals surface area contributed by atoms with Crippen LogP contribution < -0.4 is 0 Å². The molecular weight excluding hydrogens is 835 g/mol. The third-order valence-corrected chi connectivity index (χ3v) is 14.7. The molecule has 4 rings (SSSR count). The van der Waals surface area contributed by atoms with Crippen LogP contribution in [-0.2, 0) is 38.2 Å². The summed E-state index contributed by atoms with van der Waals surface area (Å²) in [6, 6.07) is -1.17. The summed E-state index contributed by atoms with van der Waals surface area (Å²) < 4.78 is 18.2. The average molecular weight is 914 g/mol. The van der Waals surface area contributed by atoms with Crippen molar-refractivity contribution >= 4 is 29.2 Å². The van der Waals surface area contributed by atoms with E-state index < -0.39 is 90.3 Å². The lowest BCUT2D eigenvalue weighted by atomic mass is 9.75. The number of allylic oxidation sites excluding steroid dienone is 6. The van der Waals surface area contributed by atoms with Crippen LogP contribution in [0.25, 0.3) is 0 Å². The van der Waals surface area contributed by atoms with Gasteiger partial charge in [-0.1, -0.05) is 71.1 Å². The molecule has 14 nitrogen and oxygen atoms in total. The Labute approximate surface area is 386 Å². The summed E-state index contributed by atoms with van der Waals surface area (Å²) in [6.45, 7) is 11.8. The molecule has 0 aromatic heterocycles. The van der Waals surface area contributed by atoms with Crippen LogP contribution in [-0.4, -0.2) is 129 Å². The number of aliphatic hydroxyl groups excluding tert-OH is 4. The van der Waals surface area contributed by atoms with Crippen molar-refractivity contribution in [3.8, 4) is 0 Å². The number of carbonyl (C=O) groups is 5. The van der Waals surface area contributed by atoms with Crippen molar-refractivity contribution in [3.05, 3.63) is 47.6 Å². The number of hydrogen-bond donors (Lipinski definition) is 5. The summed E-state index contributed by atoms with van der Waals surface area (Å²) in [5.41, 5.74) is 1.14. The minimum atomic E-state index is -2.44. The number of aliphatic hydroxyl groups is 5. The number of piperidine rings is 1. The predicted octanol–water partition coefficient (Wildman–Crippen LogP) is 5.37. The first-order chi connectivity index (χ1) is 30.7. The summed E-state index contributed by atoms with van der Waals surface area (Å²) in [7, 11) is 1.57. The number of methoxy groups -OCH3 is 1. The van der Waals surface area contributed by atoms with E-state index in [-0.39, 0.29) is 66.8 Å². The molecule has 0 spiro atoms. The van der Waals surface area contributed by atoms with E-state index in [4.69, 9.17) is 14.2 Å². The lowest BCUT2D eigenvalue weighted by molar-refractivity contribution is -0.265. The number of nitrogens with zero attached hydrogens (tertiary/aromatic N) is 1. The van der Waals surface area contributed by atoms with Gasteiger partial charge in [-0.25, -0.2) is 4.79 Å². The van der Waals surface area contributed by atoms with E-state index in [1.54, 1.807) is 40.9 Å². The Hall–Kier alpha value is -3.37. The number of Topliss-reactive ketones (excluding diaryl/α,β-unsaturated/α-hetero) is 3. The van der Waals surface area contributed by atoms with Crippen LogP contribution in [0.3, 0.4) is 0 Å². The zero-order valence-electron chi connectivity index (χ0n) is 40.1. The molecule has 1 saturated carbocycles. The van der Waals surface area contributed by atoms with Crippen LogP contribution in [0.5, 0.6) is 0 Å². The van der Waals surface area contributed by atoms with Crippen molar-refractivity contribution in [3.63, 3.8) is 0 Å². The Balaban J connectivity index is 1.70. The van der Waals surface area contributed by atoms with Gasteiger partial charge in [0.15, 0.2) is 5.78 Å². The maximum Gasteiger partial charge on any atom is 0.329 e. The summed E-state index contributed by atoms with van der Waals surface area (Å²) in [5, 5.41) is 54.0. The Kier molecular flexibility index (Phi) is 21.0. The summed E-state index contributed by atoms with van der Waals surface area (Å²) in [5.74, 6) is -9.67. The molecule has 3 aliphatic heterocycles. The molecule has 366 valence electrons. The Bertz CT molecular complexity index is 1760.